The van der Waals surface area contributed by atoms with Crippen LogP contribution < -0.4 is 21.0 Å². The van der Waals surface area contributed by atoms with Crippen LogP contribution in [0.4, 0.5) is 37.7 Å². The molecule has 3 aromatic rings. The van der Waals surface area contributed by atoms with Gasteiger partial charge in [-0.25, -0.2) is 4.98 Å². The smallest absolute Gasteiger partial charge is 0.413 e. The quantitative estimate of drug-likeness (QED) is 0.335. The minimum Gasteiger partial charge on any atom is -0.413 e. The Morgan fingerprint density at radius 2 is 1.78 bits per heavy atom. The number of halogens is 6. The average Bonchev–Trinajstić information content (AvgIpc) is 3.16. The molecular formula is C21H21F6N5O3S. The molecule has 0 atom stereocenters. The van der Waals surface area contributed by atoms with Crippen LogP contribution in [0, 0.1) is 0 Å². The van der Waals surface area contributed by atoms with Gasteiger partial charge in [0.25, 0.3) is 5.91 Å². The van der Waals surface area contributed by atoms with Crippen molar-refractivity contribution < 1.29 is 36.0 Å². The fourth-order valence-corrected chi connectivity index (χ4v) is 4.46. The van der Waals surface area contributed by atoms with E-state index in [1.54, 1.807) is 6.92 Å². The zero-order valence-electron chi connectivity index (χ0n) is 19.4. The first-order chi connectivity index (χ1) is 16.8. The summed E-state index contributed by atoms with van der Waals surface area (Å²) in [5.74, 6) is -1.63. The van der Waals surface area contributed by atoms with Crippen molar-refractivity contribution >= 4 is 40.1 Å². The Kier molecular flexibility index (Phi) is 7.53. The molecule has 0 aliphatic heterocycles. The van der Waals surface area contributed by atoms with Gasteiger partial charge < -0.3 is 20.0 Å². The van der Waals surface area contributed by atoms with Crippen LogP contribution in [-0.2, 0) is 18.9 Å². The molecule has 1 amide bonds. The predicted octanol–water partition coefficient (Wildman–Crippen LogP) is 4.72. The monoisotopic (exact) mass is 537 g/mol. The van der Waals surface area contributed by atoms with Crippen molar-refractivity contribution in [3.8, 4) is 0 Å². The van der Waals surface area contributed by atoms with Gasteiger partial charge in [0.2, 0.25) is 5.82 Å². The molecule has 36 heavy (non-hydrogen) atoms. The number of anilines is 2. The zero-order valence-corrected chi connectivity index (χ0v) is 20.2. The van der Waals surface area contributed by atoms with E-state index in [0.29, 0.717) is 11.8 Å². The highest BCUT2D eigenvalue weighted by molar-refractivity contribution is 7.99. The molecule has 0 aliphatic rings. The number of hydrogen-bond donors (Lipinski definition) is 2. The van der Waals surface area contributed by atoms with Gasteiger partial charge in [-0.3, -0.25) is 9.59 Å². The van der Waals surface area contributed by atoms with Crippen LogP contribution in [0.5, 0.6) is 0 Å². The summed E-state index contributed by atoms with van der Waals surface area (Å²) in [7, 11) is 2.14. The number of rotatable bonds is 7. The summed E-state index contributed by atoms with van der Waals surface area (Å²) in [6, 6.07) is 3.05. The van der Waals surface area contributed by atoms with E-state index >= 15 is 0 Å². The van der Waals surface area contributed by atoms with Crippen LogP contribution >= 0.6 is 11.8 Å². The Labute approximate surface area is 204 Å². The van der Waals surface area contributed by atoms with Crippen LogP contribution in [0.1, 0.15) is 35.7 Å². The number of benzene rings is 1. The second kappa shape index (κ2) is 9.95. The number of alkyl halides is 6. The van der Waals surface area contributed by atoms with E-state index in [9.17, 15) is 35.9 Å². The second-order valence-corrected chi connectivity index (χ2v) is 8.56. The molecule has 15 heteroatoms. The SMILES string of the molecule is CCSc1cc2c(cc1C(=O)Nc1cc(C(F)(F)F)n(OC)c(=O)c1NC)nc(C(F)(F)F)n2CC. The third kappa shape index (κ3) is 4.96. The number of hydrogen-bond acceptors (Lipinski definition) is 6. The molecule has 0 saturated heterocycles. The summed E-state index contributed by atoms with van der Waals surface area (Å²) in [6.07, 6.45) is -9.74. The minimum atomic E-state index is -5.00. The van der Waals surface area contributed by atoms with E-state index in [1.807, 2.05) is 0 Å². The number of aryl methyl sites for hydroxylation is 1. The summed E-state index contributed by atoms with van der Waals surface area (Å²) in [5, 5.41) is 4.71. The number of amides is 1. The largest absolute Gasteiger partial charge is 0.449 e. The first-order valence-electron chi connectivity index (χ1n) is 10.4. The normalized spacial score (nSPS) is 12.2. The third-order valence-corrected chi connectivity index (χ3v) is 6.04. The van der Waals surface area contributed by atoms with Crippen molar-refractivity contribution in [3.63, 3.8) is 0 Å². The van der Waals surface area contributed by atoms with E-state index in [4.69, 9.17) is 0 Å². The standard InChI is InChI=1S/C21H21F6N5O3S/c1-5-31-13-9-14(36-6-2)10(7-11(13)30-19(31)21(25,26)27)17(33)29-12-8-15(20(22,23)24)32(35-4)18(34)16(12)28-3/h7-9,28H,5-6H2,1-4H3,(H,29,33). The number of aromatic nitrogens is 3. The molecule has 0 unspecified atom stereocenters. The van der Waals surface area contributed by atoms with E-state index in [-0.39, 0.29) is 32.8 Å². The molecule has 2 aromatic heterocycles. The maximum atomic E-state index is 13.5. The van der Waals surface area contributed by atoms with E-state index < -0.39 is 46.7 Å². The fourth-order valence-electron chi connectivity index (χ4n) is 3.64. The highest BCUT2D eigenvalue weighted by atomic mass is 32.2. The van der Waals surface area contributed by atoms with Crippen LogP contribution in [-0.4, -0.2) is 40.1 Å². The molecule has 0 radical (unpaired) electrons. The number of nitrogens with zero attached hydrogens (tertiary/aromatic N) is 3. The number of carbonyl (C=O) groups excluding carboxylic acids is 1. The van der Waals surface area contributed by atoms with E-state index in [1.165, 1.54) is 20.0 Å². The topological polar surface area (TPSA) is 90.2 Å². The first-order valence-corrected chi connectivity index (χ1v) is 11.4. The number of pyridine rings is 1. The Morgan fingerprint density at radius 3 is 2.28 bits per heavy atom. The molecule has 0 bridgehead atoms. The maximum absolute atomic E-state index is 13.5. The molecular weight excluding hydrogens is 516 g/mol. The predicted molar refractivity (Wildman–Crippen MR) is 123 cm³/mol. The van der Waals surface area contributed by atoms with Crippen molar-refractivity contribution in [2.24, 2.45) is 0 Å². The van der Waals surface area contributed by atoms with Crippen molar-refractivity contribution in [3.05, 3.63) is 45.6 Å². The number of carbonyl (C=O) groups is 1. The number of thioether (sulfide) groups is 1. The van der Waals surface area contributed by atoms with Crippen molar-refractivity contribution in [1.29, 1.82) is 0 Å². The molecule has 0 spiro atoms. The van der Waals surface area contributed by atoms with Gasteiger partial charge in [-0.05, 0) is 30.9 Å². The molecule has 0 saturated carbocycles. The summed E-state index contributed by atoms with van der Waals surface area (Å²) in [5.41, 5.74) is -3.64. The zero-order chi connectivity index (χ0) is 27.0. The summed E-state index contributed by atoms with van der Waals surface area (Å²) < 4.78 is 82.0. The van der Waals surface area contributed by atoms with Crippen LogP contribution in [0.3, 0.4) is 0 Å². The van der Waals surface area contributed by atoms with E-state index in [2.05, 4.69) is 20.5 Å². The van der Waals surface area contributed by atoms with Gasteiger partial charge in [0.1, 0.15) is 12.8 Å². The van der Waals surface area contributed by atoms with Gasteiger partial charge in [-0.2, -0.15) is 26.3 Å². The van der Waals surface area contributed by atoms with Gasteiger partial charge in [0.05, 0.1) is 22.3 Å². The summed E-state index contributed by atoms with van der Waals surface area (Å²) >= 11 is 1.15. The lowest BCUT2D eigenvalue weighted by Gasteiger charge is -2.18. The number of imidazole rings is 1. The van der Waals surface area contributed by atoms with E-state index in [0.717, 1.165) is 29.5 Å². The minimum absolute atomic E-state index is 0.0297. The van der Waals surface area contributed by atoms with Crippen LogP contribution in [0.25, 0.3) is 11.0 Å². The second-order valence-electron chi connectivity index (χ2n) is 7.25. The number of fused-ring (bicyclic) bond motifs is 1. The highest BCUT2D eigenvalue weighted by Gasteiger charge is 2.38. The Hall–Kier alpha value is -3.36. The summed E-state index contributed by atoms with van der Waals surface area (Å²) in [6.45, 7) is 3.24. The van der Waals surface area contributed by atoms with Gasteiger partial charge >= 0.3 is 17.9 Å². The van der Waals surface area contributed by atoms with Gasteiger partial charge in [-0.15, -0.1) is 16.5 Å². The highest BCUT2D eigenvalue weighted by Crippen LogP contribution is 2.36. The maximum Gasteiger partial charge on any atom is 0.449 e. The lowest BCUT2D eigenvalue weighted by Crippen LogP contribution is -2.34. The molecule has 2 N–H and O–H groups in total. The molecule has 0 aliphatic carbocycles. The van der Waals surface area contributed by atoms with Gasteiger partial charge in [0, 0.05) is 18.5 Å². The van der Waals surface area contributed by atoms with Crippen molar-refractivity contribution in [1.82, 2.24) is 14.3 Å². The fraction of sp³-hybridized carbons (Fsp3) is 0.381. The lowest BCUT2D eigenvalue weighted by atomic mass is 10.1. The first kappa shape index (κ1) is 27.2. The van der Waals surface area contributed by atoms with Crippen LogP contribution in [0.15, 0.2) is 27.9 Å². The van der Waals surface area contributed by atoms with Crippen molar-refractivity contribution in [2.75, 3.05) is 30.5 Å². The van der Waals surface area contributed by atoms with Crippen LogP contribution in [0.2, 0.25) is 0 Å². The summed E-state index contributed by atoms with van der Waals surface area (Å²) in [4.78, 5) is 34.2. The van der Waals surface area contributed by atoms with Gasteiger partial charge in [0.15, 0.2) is 5.69 Å². The molecule has 0 fully saturated rings. The third-order valence-electron chi connectivity index (χ3n) is 5.10. The molecule has 196 valence electrons. The lowest BCUT2D eigenvalue weighted by molar-refractivity contribution is -0.151. The molecule has 3 rings (SSSR count). The average molecular weight is 537 g/mol. The molecule has 1 aromatic carbocycles. The number of nitrogens with one attached hydrogen (secondary N) is 2. The Morgan fingerprint density at radius 1 is 1.11 bits per heavy atom. The van der Waals surface area contributed by atoms with Crippen molar-refractivity contribution in [2.45, 2.75) is 37.6 Å². The molecule has 2 heterocycles. The Balaban J connectivity index is 2.19. The Bertz CT molecular complexity index is 1360. The van der Waals surface area contributed by atoms with Gasteiger partial charge in [-0.1, -0.05) is 6.92 Å². The molecule has 8 nitrogen and oxygen atoms in total.